The van der Waals surface area contributed by atoms with Crippen LogP contribution in [0.5, 0.6) is 11.5 Å². The summed E-state index contributed by atoms with van der Waals surface area (Å²) < 4.78 is 19.8. The van der Waals surface area contributed by atoms with Crippen LogP contribution in [-0.2, 0) is 38.4 Å². The van der Waals surface area contributed by atoms with Gasteiger partial charge in [-0.25, -0.2) is 9.50 Å². The number of anilines is 1. The Morgan fingerprint density at radius 3 is 2.66 bits per heavy atom. The van der Waals surface area contributed by atoms with Crippen LogP contribution < -0.4 is 15.4 Å². The first kappa shape index (κ1) is 43.6. The van der Waals surface area contributed by atoms with Crippen molar-refractivity contribution >= 4 is 29.1 Å². The zero-order chi connectivity index (χ0) is 43.1. The van der Waals surface area contributed by atoms with Gasteiger partial charge in [0, 0.05) is 62.8 Å². The smallest absolute Gasteiger partial charge is 0.274 e. The van der Waals surface area contributed by atoms with Crippen LogP contribution in [0.3, 0.4) is 0 Å². The number of carbonyl (C=O) groups excluding carboxylic acids is 3. The van der Waals surface area contributed by atoms with Crippen LogP contribution in [-0.4, -0.2) is 136 Å². The first-order valence-electron chi connectivity index (χ1n) is 22.6. The number of amides is 3. The normalized spacial score (nSPS) is 18.1. The number of ether oxygens (including phenoxy) is 3. The minimum atomic E-state index is -0.339. The minimum Gasteiger partial charge on any atom is -0.506 e. The molecule has 4 aliphatic rings. The van der Waals surface area contributed by atoms with Gasteiger partial charge in [0.1, 0.15) is 11.4 Å². The lowest BCUT2D eigenvalue weighted by molar-refractivity contribution is -0.135. The fourth-order valence-corrected chi connectivity index (χ4v) is 9.59. The van der Waals surface area contributed by atoms with E-state index in [4.69, 9.17) is 14.2 Å². The molecule has 1 aliphatic carbocycles. The highest BCUT2D eigenvalue weighted by Gasteiger charge is 2.41. The molecule has 2 saturated heterocycles. The Hall–Kier alpha value is -5.09. The van der Waals surface area contributed by atoms with E-state index < -0.39 is 0 Å². The number of aryl methyl sites for hydroxylation is 2. The van der Waals surface area contributed by atoms with Crippen molar-refractivity contribution in [3.63, 3.8) is 0 Å². The van der Waals surface area contributed by atoms with Crippen LogP contribution >= 0.6 is 0 Å². The van der Waals surface area contributed by atoms with E-state index in [-0.39, 0.29) is 41.7 Å². The van der Waals surface area contributed by atoms with Crippen LogP contribution in [0, 0.1) is 13.8 Å². The van der Waals surface area contributed by atoms with E-state index in [1.165, 1.54) is 17.5 Å². The van der Waals surface area contributed by atoms with E-state index in [0.717, 1.165) is 81.5 Å². The Labute approximate surface area is 364 Å². The maximum absolute atomic E-state index is 13.6. The van der Waals surface area contributed by atoms with Gasteiger partial charge in [-0.1, -0.05) is 49.6 Å². The minimum absolute atomic E-state index is 0.00652. The molecule has 3 fully saturated rings. The van der Waals surface area contributed by atoms with Gasteiger partial charge in [-0.3, -0.25) is 19.3 Å². The number of aromatic nitrogens is 3. The van der Waals surface area contributed by atoms with Gasteiger partial charge in [0.2, 0.25) is 5.91 Å². The number of aromatic hydroxyl groups is 1. The molecule has 62 heavy (non-hydrogen) atoms. The molecule has 8 rings (SSSR count). The number of benzene rings is 2. The molecule has 3 aliphatic heterocycles. The summed E-state index contributed by atoms with van der Waals surface area (Å²) in [5, 5.41) is 20.9. The van der Waals surface area contributed by atoms with E-state index in [9.17, 15) is 19.5 Å². The van der Waals surface area contributed by atoms with Crippen molar-refractivity contribution < 1.29 is 33.7 Å². The SMILES string of the molecule is Cc1cc(C)n2nc(C(=O)N3CCOC4(CCN(Cc5cccc(CCOCCC(=O)N(CCNCCc6ccc(O)c7c6OCC(=O)N7)C6CCCCC6)c5)CC4)C3)cc2n1. The zero-order valence-corrected chi connectivity index (χ0v) is 36.3. The second-order valence-electron chi connectivity index (χ2n) is 17.5. The van der Waals surface area contributed by atoms with Crippen molar-refractivity contribution in [1.82, 2.24) is 34.6 Å². The van der Waals surface area contributed by atoms with Crippen LogP contribution in [0.4, 0.5) is 5.69 Å². The van der Waals surface area contributed by atoms with E-state index in [2.05, 4.69) is 54.8 Å². The third-order valence-corrected chi connectivity index (χ3v) is 12.9. The Morgan fingerprint density at radius 2 is 1.82 bits per heavy atom. The van der Waals surface area contributed by atoms with Gasteiger partial charge in [0.25, 0.3) is 11.8 Å². The Balaban J connectivity index is 0.749. The molecule has 3 amide bonds. The Morgan fingerprint density at radius 1 is 1.00 bits per heavy atom. The molecule has 0 atom stereocenters. The van der Waals surface area contributed by atoms with Gasteiger partial charge in [0.05, 0.1) is 38.4 Å². The number of morpholine rings is 1. The van der Waals surface area contributed by atoms with E-state index in [1.807, 2.05) is 30.9 Å². The summed E-state index contributed by atoms with van der Waals surface area (Å²) in [6, 6.07) is 16.1. The summed E-state index contributed by atoms with van der Waals surface area (Å²) in [6.45, 7) is 11.1. The third kappa shape index (κ3) is 10.6. The van der Waals surface area contributed by atoms with Gasteiger partial charge in [-0.2, -0.15) is 5.10 Å². The molecule has 2 aromatic carbocycles. The number of nitrogens with zero attached hydrogens (tertiary/aromatic N) is 6. The van der Waals surface area contributed by atoms with Crippen LogP contribution in [0.15, 0.2) is 48.5 Å². The lowest BCUT2D eigenvalue weighted by Crippen LogP contribution is -2.58. The molecule has 1 spiro atoms. The fourth-order valence-electron chi connectivity index (χ4n) is 9.59. The van der Waals surface area contributed by atoms with Crippen molar-refractivity contribution in [1.29, 1.82) is 0 Å². The lowest BCUT2D eigenvalue weighted by Gasteiger charge is -2.47. The molecular weight excluding hydrogens is 789 g/mol. The average molecular weight is 851 g/mol. The number of nitrogens with one attached hydrogen (secondary N) is 2. The first-order chi connectivity index (χ1) is 30.1. The molecule has 1 saturated carbocycles. The largest absolute Gasteiger partial charge is 0.506 e. The third-order valence-electron chi connectivity index (χ3n) is 12.9. The predicted octanol–water partition coefficient (Wildman–Crippen LogP) is 4.83. The van der Waals surface area contributed by atoms with Gasteiger partial charge in [-0.05, 0) is 87.7 Å². The number of rotatable bonds is 16. The van der Waals surface area contributed by atoms with Crippen molar-refractivity contribution in [2.75, 3.05) is 77.6 Å². The summed E-state index contributed by atoms with van der Waals surface area (Å²) in [6.07, 6.45) is 9.14. The maximum atomic E-state index is 13.6. The summed E-state index contributed by atoms with van der Waals surface area (Å²) in [7, 11) is 0. The number of piperidine rings is 1. The summed E-state index contributed by atoms with van der Waals surface area (Å²) >= 11 is 0. The van der Waals surface area contributed by atoms with Crippen LogP contribution in [0.1, 0.15) is 89.9 Å². The molecule has 5 heterocycles. The summed E-state index contributed by atoms with van der Waals surface area (Å²) in [5.74, 6) is 0.314. The average Bonchev–Trinajstić information content (AvgIpc) is 3.71. The lowest BCUT2D eigenvalue weighted by atomic mass is 9.89. The molecule has 3 N–H and O–H groups in total. The number of fused-ring (bicyclic) bond motifs is 2. The zero-order valence-electron chi connectivity index (χ0n) is 36.3. The summed E-state index contributed by atoms with van der Waals surface area (Å²) in [4.78, 5) is 49.9. The number of likely N-dealkylation sites (tertiary alicyclic amines) is 1. The maximum Gasteiger partial charge on any atom is 0.274 e. The number of phenols is 1. The monoisotopic (exact) mass is 850 g/mol. The van der Waals surface area contributed by atoms with Crippen LogP contribution in [0.25, 0.3) is 5.65 Å². The van der Waals surface area contributed by atoms with Gasteiger partial charge in [0.15, 0.2) is 23.7 Å². The Kier molecular flexibility index (Phi) is 14.0. The molecule has 332 valence electrons. The van der Waals surface area contributed by atoms with Gasteiger partial charge in [-0.15, -0.1) is 0 Å². The van der Waals surface area contributed by atoms with E-state index >= 15 is 0 Å². The first-order valence-corrected chi connectivity index (χ1v) is 22.6. The topological polar surface area (TPSA) is 163 Å². The van der Waals surface area contributed by atoms with Gasteiger partial charge < -0.3 is 39.8 Å². The molecule has 15 nitrogen and oxygen atoms in total. The molecule has 0 unspecified atom stereocenters. The molecule has 0 bridgehead atoms. The standard InChI is InChI=1S/C47H62N8O7/c1-33-27-34(2)55-41(49-33)29-39(51-55)46(59)53-23-26-62-47(32-53)16-20-52(21-17-47)30-36-8-6-7-35(28-36)14-24-60-25-15-43(58)54(38-9-4-3-5-10-38)22-19-48-18-13-37-11-12-40(56)44-45(37)61-31-42(57)50-44/h6-8,11-12,27-29,38,48,56H,3-5,9-10,13-26,30-32H2,1-2H3,(H,50,57). The number of hydrogen-bond donors (Lipinski definition) is 3. The number of hydrogen-bond acceptors (Lipinski definition) is 11. The van der Waals surface area contributed by atoms with Gasteiger partial charge >= 0.3 is 0 Å². The predicted molar refractivity (Wildman–Crippen MR) is 235 cm³/mol. The molecule has 4 aromatic rings. The molecule has 0 radical (unpaired) electrons. The van der Waals surface area contributed by atoms with Crippen molar-refractivity contribution in [3.8, 4) is 11.5 Å². The Bertz CT molecular complexity index is 2210. The fraction of sp³-hybridized carbons (Fsp3) is 0.553. The second-order valence-corrected chi connectivity index (χ2v) is 17.5. The van der Waals surface area contributed by atoms with E-state index in [0.29, 0.717) is 88.2 Å². The summed E-state index contributed by atoms with van der Waals surface area (Å²) in [5.41, 5.74) is 6.36. The number of phenolic OH excluding ortho intramolecular Hbond substituents is 1. The number of carbonyl (C=O) groups is 3. The van der Waals surface area contributed by atoms with Crippen molar-refractivity contribution in [2.45, 2.75) is 96.2 Å². The highest BCUT2D eigenvalue weighted by Crippen LogP contribution is 2.39. The quantitative estimate of drug-likeness (QED) is 0.105. The van der Waals surface area contributed by atoms with Crippen molar-refractivity contribution in [2.24, 2.45) is 0 Å². The molecule has 2 aromatic heterocycles. The molecule has 15 heteroatoms. The highest BCUT2D eigenvalue weighted by atomic mass is 16.5. The second kappa shape index (κ2) is 20.0. The van der Waals surface area contributed by atoms with Crippen LogP contribution in [0.2, 0.25) is 0 Å². The van der Waals surface area contributed by atoms with Crippen molar-refractivity contribution in [3.05, 3.63) is 82.3 Å². The molecular formula is C47H62N8O7. The highest BCUT2D eigenvalue weighted by molar-refractivity contribution is 5.97. The van der Waals surface area contributed by atoms with E-state index in [1.54, 1.807) is 16.6 Å².